The van der Waals surface area contributed by atoms with E-state index in [4.69, 9.17) is 11.6 Å². The van der Waals surface area contributed by atoms with Crippen LogP contribution in [0.2, 0.25) is 5.02 Å². The van der Waals surface area contributed by atoms with Gasteiger partial charge in [0.05, 0.1) is 4.90 Å². The number of nitrogens with one attached hydrogen (secondary N) is 1. The van der Waals surface area contributed by atoms with Gasteiger partial charge in [-0.25, -0.2) is 23.4 Å². The Balaban J connectivity index is 1.83. The van der Waals surface area contributed by atoms with Crippen molar-refractivity contribution in [1.82, 2.24) is 15.0 Å². The zero-order chi connectivity index (χ0) is 16.3. The van der Waals surface area contributed by atoms with Gasteiger partial charge in [-0.3, -0.25) is 4.72 Å². The Morgan fingerprint density at radius 1 is 0.957 bits per heavy atom. The summed E-state index contributed by atoms with van der Waals surface area (Å²) in [5, 5.41) is 0.347. The van der Waals surface area contributed by atoms with E-state index in [1.165, 1.54) is 18.5 Å². The summed E-state index contributed by atoms with van der Waals surface area (Å²) >= 11 is 5.82. The second kappa shape index (κ2) is 6.31. The number of pyridine rings is 1. The van der Waals surface area contributed by atoms with Crippen LogP contribution in [0.4, 0.5) is 5.82 Å². The highest BCUT2D eigenvalue weighted by Crippen LogP contribution is 2.20. The number of sulfonamides is 1. The number of nitrogens with zero attached hydrogens (tertiary/aromatic N) is 3. The molecule has 3 rings (SSSR count). The van der Waals surface area contributed by atoms with Gasteiger partial charge in [0.1, 0.15) is 12.1 Å². The summed E-state index contributed by atoms with van der Waals surface area (Å²) in [6, 6.07) is 9.33. The number of aromatic nitrogens is 3. The number of benzene rings is 1. The first kappa shape index (κ1) is 15.4. The molecule has 0 unspecified atom stereocenters. The molecule has 0 aliphatic carbocycles. The Morgan fingerprint density at radius 2 is 1.74 bits per heavy atom. The smallest absolute Gasteiger partial charge is 0.263 e. The van der Waals surface area contributed by atoms with Crippen LogP contribution in [0, 0.1) is 0 Å². The van der Waals surface area contributed by atoms with Gasteiger partial charge in [0, 0.05) is 34.7 Å². The average molecular weight is 347 g/mol. The Kier molecular flexibility index (Phi) is 4.22. The zero-order valence-electron chi connectivity index (χ0n) is 11.7. The maximum absolute atomic E-state index is 12.3. The van der Waals surface area contributed by atoms with Gasteiger partial charge in [0.2, 0.25) is 0 Å². The second-order valence-electron chi connectivity index (χ2n) is 4.62. The molecule has 3 aromatic rings. The lowest BCUT2D eigenvalue weighted by molar-refractivity contribution is 0.601. The largest absolute Gasteiger partial charge is 0.263 e. The molecule has 0 aliphatic heterocycles. The minimum atomic E-state index is -3.73. The van der Waals surface area contributed by atoms with Crippen LogP contribution >= 0.6 is 11.6 Å². The average Bonchev–Trinajstić information content (AvgIpc) is 2.56. The zero-order valence-corrected chi connectivity index (χ0v) is 13.3. The van der Waals surface area contributed by atoms with Crippen molar-refractivity contribution < 1.29 is 8.42 Å². The molecule has 1 aromatic carbocycles. The van der Waals surface area contributed by atoms with Crippen molar-refractivity contribution in [2.45, 2.75) is 4.90 Å². The molecule has 8 heteroatoms. The molecule has 0 fully saturated rings. The standard InChI is InChI=1S/C15H11ClN4O2S/c16-13-2-1-3-14(6-13)23(21,22)20-15-5-4-11(9-19-15)12-7-17-10-18-8-12/h1-10H,(H,19,20). The Labute approximate surface area is 138 Å². The van der Waals surface area contributed by atoms with Gasteiger partial charge >= 0.3 is 0 Å². The molecular formula is C15H11ClN4O2S. The molecule has 2 aromatic heterocycles. The molecule has 0 spiro atoms. The fourth-order valence-corrected chi connectivity index (χ4v) is 3.21. The topological polar surface area (TPSA) is 84.8 Å². The number of anilines is 1. The lowest BCUT2D eigenvalue weighted by Crippen LogP contribution is -2.13. The van der Waals surface area contributed by atoms with E-state index >= 15 is 0 Å². The molecule has 1 N–H and O–H groups in total. The summed E-state index contributed by atoms with van der Waals surface area (Å²) in [7, 11) is -3.73. The van der Waals surface area contributed by atoms with E-state index in [0.29, 0.717) is 5.02 Å². The SMILES string of the molecule is O=S(=O)(Nc1ccc(-c2cncnc2)cn1)c1cccc(Cl)c1. The normalized spacial score (nSPS) is 11.2. The fourth-order valence-electron chi connectivity index (χ4n) is 1.90. The van der Waals surface area contributed by atoms with Crippen LogP contribution in [0.3, 0.4) is 0 Å². The van der Waals surface area contributed by atoms with E-state index in [2.05, 4.69) is 19.7 Å². The molecule has 2 heterocycles. The molecule has 0 bridgehead atoms. The van der Waals surface area contributed by atoms with Gasteiger partial charge in [-0.2, -0.15) is 0 Å². The highest BCUT2D eigenvalue weighted by Gasteiger charge is 2.15. The van der Waals surface area contributed by atoms with E-state index in [0.717, 1.165) is 11.1 Å². The molecule has 0 radical (unpaired) electrons. The summed E-state index contributed by atoms with van der Waals surface area (Å²) in [5.41, 5.74) is 1.58. The Hall–Kier alpha value is -2.51. The number of rotatable bonds is 4. The van der Waals surface area contributed by atoms with Crippen LogP contribution < -0.4 is 4.72 Å². The molecule has 0 atom stereocenters. The van der Waals surface area contributed by atoms with Crippen LogP contribution in [-0.4, -0.2) is 23.4 Å². The van der Waals surface area contributed by atoms with E-state index in [9.17, 15) is 8.42 Å². The third-order valence-electron chi connectivity index (χ3n) is 3.00. The van der Waals surface area contributed by atoms with Crippen molar-refractivity contribution in [3.05, 3.63) is 66.3 Å². The third kappa shape index (κ3) is 3.64. The summed E-state index contributed by atoms with van der Waals surface area (Å²) in [6.07, 6.45) is 6.29. The highest BCUT2D eigenvalue weighted by molar-refractivity contribution is 7.92. The number of hydrogen-bond acceptors (Lipinski definition) is 5. The molecule has 23 heavy (non-hydrogen) atoms. The summed E-state index contributed by atoms with van der Waals surface area (Å²) < 4.78 is 27.0. The predicted octanol–water partition coefficient (Wildman–Crippen LogP) is 2.99. The van der Waals surface area contributed by atoms with Gasteiger partial charge < -0.3 is 0 Å². The second-order valence-corrected chi connectivity index (χ2v) is 6.74. The van der Waals surface area contributed by atoms with Crippen molar-refractivity contribution in [3.8, 4) is 11.1 Å². The van der Waals surface area contributed by atoms with Gasteiger partial charge in [0.15, 0.2) is 0 Å². The first-order valence-corrected chi connectivity index (χ1v) is 8.40. The van der Waals surface area contributed by atoms with Crippen LogP contribution in [0.1, 0.15) is 0 Å². The van der Waals surface area contributed by atoms with E-state index in [1.54, 1.807) is 42.9 Å². The predicted molar refractivity (Wildman–Crippen MR) is 87.5 cm³/mol. The minimum absolute atomic E-state index is 0.0762. The maximum atomic E-state index is 12.3. The molecule has 0 saturated heterocycles. The molecule has 116 valence electrons. The van der Waals surface area contributed by atoms with Crippen LogP contribution in [0.5, 0.6) is 0 Å². The van der Waals surface area contributed by atoms with Crippen LogP contribution in [0.25, 0.3) is 11.1 Å². The van der Waals surface area contributed by atoms with Gasteiger partial charge in [-0.1, -0.05) is 17.7 Å². The monoisotopic (exact) mass is 346 g/mol. The Bertz CT molecular complexity index is 916. The summed E-state index contributed by atoms with van der Waals surface area (Å²) in [4.78, 5) is 12.0. The quantitative estimate of drug-likeness (QED) is 0.785. The third-order valence-corrected chi connectivity index (χ3v) is 4.59. The van der Waals surface area contributed by atoms with Crippen molar-refractivity contribution in [3.63, 3.8) is 0 Å². The van der Waals surface area contributed by atoms with E-state index in [-0.39, 0.29) is 10.7 Å². The lowest BCUT2D eigenvalue weighted by atomic mass is 10.1. The first-order valence-electron chi connectivity index (χ1n) is 6.54. The van der Waals surface area contributed by atoms with Crippen molar-refractivity contribution in [2.24, 2.45) is 0 Å². The maximum Gasteiger partial charge on any atom is 0.263 e. The summed E-state index contributed by atoms with van der Waals surface area (Å²) in [5.74, 6) is 0.213. The lowest BCUT2D eigenvalue weighted by Gasteiger charge is -2.08. The molecule has 6 nitrogen and oxygen atoms in total. The number of hydrogen-bond donors (Lipinski definition) is 1. The first-order chi connectivity index (χ1) is 11.0. The number of halogens is 1. The van der Waals surface area contributed by atoms with E-state index in [1.807, 2.05) is 0 Å². The minimum Gasteiger partial charge on any atom is -0.263 e. The van der Waals surface area contributed by atoms with Crippen molar-refractivity contribution >= 4 is 27.4 Å². The summed E-state index contributed by atoms with van der Waals surface area (Å²) in [6.45, 7) is 0. The van der Waals surface area contributed by atoms with E-state index < -0.39 is 10.0 Å². The van der Waals surface area contributed by atoms with Crippen molar-refractivity contribution in [1.29, 1.82) is 0 Å². The van der Waals surface area contributed by atoms with Gasteiger partial charge in [-0.05, 0) is 30.3 Å². The molecule has 0 saturated carbocycles. The molecule has 0 amide bonds. The van der Waals surface area contributed by atoms with Crippen molar-refractivity contribution in [2.75, 3.05) is 4.72 Å². The van der Waals surface area contributed by atoms with Gasteiger partial charge in [0.25, 0.3) is 10.0 Å². The van der Waals surface area contributed by atoms with Gasteiger partial charge in [-0.15, -0.1) is 0 Å². The fraction of sp³-hybridized carbons (Fsp3) is 0. The van der Waals surface area contributed by atoms with Crippen LogP contribution in [-0.2, 0) is 10.0 Å². The molecule has 0 aliphatic rings. The highest BCUT2D eigenvalue weighted by atomic mass is 35.5. The Morgan fingerprint density at radius 3 is 2.39 bits per heavy atom. The van der Waals surface area contributed by atoms with Crippen LogP contribution in [0.15, 0.2) is 66.2 Å². The molecular weight excluding hydrogens is 336 g/mol.